The van der Waals surface area contributed by atoms with Gasteiger partial charge in [-0.15, -0.1) is 0 Å². The second-order valence-corrected chi connectivity index (χ2v) is 10.6. The summed E-state index contributed by atoms with van der Waals surface area (Å²) in [5.41, 5.74) is 1.99. The van der Waals surface area contributed by atoms with Crippen molar-refractivity contribution in [1.29, 1.82) is 0 Å². The highest BCUT2D eigenvalue weighted by Gasteiger charge is 2.30. The molecule has 2 aromatic carbocycles. The molecule has 0 amide bonds. The van der Waals surface area contributed by atoms with Crippen molar-refractivity contribution >= 4 is 26.5 Å². The van der Waals surface area contributed by atoms with Crippen LogP contribution < -0.4 is 19.3 Å². The van der Waals surface area contributed by atoms with Gasteiger partial charge in [-0.1, -0.05) is 18.2 Å². The van der Waals surface area contributed by atoms with Gasteiger partial charge in [-0.25, -0.2) is 8.42 Å². The second kappa shape index (κ2) is 7.85. The molecule has 1 aliphatic carbocycles. The van der Waals surface area contributed by atoms with Gasteiger partial charge < -0.3 is 14.0 Å². The summed E-state index contributed by atoms with van der Waals surface area (Å²) in [5, 5.41) is 1.40. The molecule has 32 heavy (non-hydrogen) atoms. The van der Waals surface area contributed by atoms with E-state index in [1.165, 1.54) is 4.31 Å². The smallest absolute Gasteiger partial charge is 0.258 e. The van der Waals surface area contributed by atoms with E-state index in [0.29, 0.717) is 35.1 Å². The summed E-state index contributed by atoms with van der Waals surface area (Å²) < 4.78 is 40.6. The van der Waals surface area contributed by atoms with E-state index in [1.807, 2.05) is 24.3 Å². The molecule has 3 aromatic rings. The van der Waals surface area contributed by atoms with E-state index in [0.717, 1.165) is 29.4 Å². The number of aromatic nitrogens is 1. The van der Waals surface area contributed by atoms with E-state index in [4.69, 9.17) is 9.47 Å². The van der Waals surface area contributed by atoms with Gasteiger partial charge in [0.15, 0.2) is 0 Å². The number of rotatable bonds is 6. The van der Waals surface area contributed by atoms with Gasteiger partial charge in [0.1, 0.15) is 18.1 Å². The highest BCUT2D eigenvalue weighted by atomic mass is 32.2. The van der Waals surface area contributed by atoms with E-state index in [2.05, 4.69) is 0 Å². The molecule has 0 atom stereocenters. The second-order valence-electron chi connectivity index (χ2n) is 8.40. The molecule has 2 aliphatic rings. The molecule has 168 valence electrons. The first kappa shape index (κ1) is 20.9. The number of aryl methyl sites for hydroxylation is 1. The monoisotopic (exact) mass is 454 g/mol. The third-order valence-corrected chi connectivity index (χ3v) is 7.92. The van der Waals surface area contributed by atoms with Gasteiger partial charge in [-0.05, 0) is 43.2 Å². The number of nitrogens with zero attached hydrogens (tertiary/aromatic N) is 2. The number of fused-ring (bicyclic) bond motifs is 2. The number of ether oxygens (including phenoxy) is 2. The fourth-order valence-corrected chi connectivity index (χ4v) is 5.22. The lowest BCUT2D eigenvalue weighted by Crippen LogP contribution is -2.38. The summed E-state index contributed by atoms with van der Waals surface area (Å²) in [7, 11) is -1.74. The first-order chi connectivity index (χ1) is 15.4. The molecule has 8 heteroatoms. The van der Waals surface area contributed by atoms with Crippen LogP contribution in [0.4, 0.5) is 5.69 Å². The normalized spacial score (nSPS) is 16.0. The molecule has 0 N–H and O–H groups in total. The van der Waals surface area contributed by atoms with Crippen molar-refractivity contribution < 1.29 is 17.9 Å². The Kier molecular flexibility index (Phi) is 5.12. The predicted molar refractivity (Wildman–Crippen MR) is 125 cm³/mol. The van der Waals surface area contributed by atoms with Crippen molar-refractivity contribution in [3.63, 3.8) is 0 Å². The number of pyridine rings is 1. The Labute approximate surface area is 187 Å². The van der Waals surface area contributed by atoms with Crippen molar-refractivity contribution in [2.24, 2.45) is 13.0 Å². The average molecular weight is 455 g/mol. The Bertz CT molecular complexity index is 1360. The molecule has 2 heterocycles. The zero-order valence-corrected chi connectivity index (χ0v) is 19.0. The first-order valence-corrected chi connectivity index (χ1v) is 12.5. The van der Waals surface area contributed by atoms with Gasteiger partial charge in [0.2, 0.25) is 10.0 Å². The zero-order chi connectivity index (χ0) is 22.5. The van der Waals surface area contributed by atoms with Crippen molar-refractivity contribution in [1.82, 2.24) is 4.57 Å². The van der Waals surface area contributed by atoms with Gasteiger partial charge in [-0.3, -0.25) is 9.10 Å². The van der Waals surface area contributed by atoms with Crippen LogP contribution in [0.2, 0.25) is 0 Å². The Morgan fingerprint density at radius 3 is 2.59 bits per heavy atom. The minimum Gasteiger partial charge on any atom is -0.493 e. The Morgan fingerprint density at radius 1 is 1.12 bits per heavy atom. The molecule has 1 aliphatic heterocycles. The molecule has 1 aromatic heterocycles. The van der Waals surface area contributed by atoms with Crippen molar-refractivity contribution in [3.8, 4) is 22.6 Å². The maximum absolute atomic E-state index is 12.8. The quantitative estimate of drug-likeness (QED) is 0.569. The highest BCUT2D eigenvalue weighted by molar-refractivity contribution is 7.92. The van der Waals surface area contributed by atoms with Gasteiger partial charge in [0.25, 0.3) is 5.56 Å². The van der Waals surface area contributed by atoms with Crippen LogP contribution in [-0.2, 0) is 17.1 Å². The topological polar surface area (TPSA) is 77.8 Å². The molecule has 0 spiro atoms. The first-order valence-electron chi connectivity index (χ1n) is 10.9. The third-order valence-electron chi connectivity index (χ3n) is 6.13. The van der Waals surface area contributed by atoms with Gasteiger partial charge in [0, 0.05) is 35.8 Å². The number of benzene rings is 2. The molecule has 5 rings (SSSR count). The molecular formula is C24H26N2O5S. The molecule has 0 unspecified atom stereocenters. The summed E-state index contributed by atoms with van der Waals surface area (Å²) in [5.74, 6) is 1.69. The fourth-order valence-electron chi connectivity index (χ4n) is 4.12. The van der Waals surface area contributed by atoms with Crippen LogP contribution in [0.15, 0.2) is 47.4 Å². The lowest BCUT2D eigenvalue weighted by atomic mass is 9.98. The largest absolute Gasteiger partial charge is 0.493 e. The summed E-state index contributed by atoms with van der Waals surface area (Å²) in [6.07, 6.45) is 4.10. The van der Waals surface area contributed by atoms with Crippen LogP contribution in [0.5, 0.6) is 11.5 Å². The van der Waals surface area contributed by atoms with Crippen LogP contribution >= 0.6 is 0 Å². The van der Waals surface area contributed by atoms with Crippen LogP contribution in [0, 0.1) is 5.92 Å². The van der Waals surface area contributed by atoms with E-state index >= 15 is 0 Å². The molecule has 7 nitrogen and oxygen atoms in total. The molecule has 1 fully saturated rings. The van der Waals surface area contributed by atoms with Crippen LogP contribution in [0.1, 0.15) is 19.8 Å². The predicted octanol–water partition coefficient (Wildman–Crippen LogP) is 3.54. The minimum atomic E-state index is -3.46. The van der Waals surface area contributed by atoms with Crippen LogP contribution in [-0.4, -0.2) is 38.5 Å². The lowest BCUT2D eigenvalue weighted by Gasteiger charge is -2.31. The van der Waals surface area contributed by atoms with E-state index in [9.17, 15) is 13.2 Å². The number of hydrogen-bond donors (Lipinski definition) is 0. The van der Waals surface area contributed by atoms with Gasteiger partial charge >= 0.3 is 0 Å². The standard InChI is InChI=1S/C24H26N2O5S/c1-3-32(28,29)26-10-11-30-23-13-22(31-15-16-8-9-16)19(12-21(23)26)20-14-25(2)24(27)18-7-5-4-6-17(18)20/h4-7,12-14,16H,3,8-11,15H2,1-2H3. The van der Waals surface area contributed by atoms with E-state index in [-0.39, 0.29) is 24.5 Å². The molecular weight excluding hydrogens is 428 g/mol. The van der Waals surface area contributed by atoms with Crippen molar-refractivity contribution in [2.75, 3.05) is 29.8 Å². The number of anilines is 1. The minimum absolute atomic E-state index is 0.00444. The van der Waals surface area contributed by atoms with Gasteiger partial charge in [-0.2, -0.15) is 0 Å². The summed E-state index contributed by atoms with van der Waals surface area (Å²) in [6, 6.07) is 11.1. The SMILES string of the molecule is CCS(=O)(=O)N1CCOc2cc(OCC3CC3)c(-c3cn(C)c(=O)c4ccccc34)cc21. The molecule has 0 bridgehead atoms. The van der Waals surface area contributed by atoms with Gasteiger partial charge in [0.05, 0.1) is 24.6 Å². The summed E-state index contributed by atoms with van der Waals surface area (Å²) in [6.45, 7) is 2.79. The van der Waals surface area contributed by atoms with E-state index in [1.54, 1.807) is 36.9 Å². The zero-order valence-electron chi connectivity index (χ0n) is 18.2. The lowest BCUT2D eigenvalue weighted by molar-refractivity contribution is 0.291. The molecule has 0 saturated heterocycles. The summed E-state index contributed by atoms with van der Waals surface area (Å²) >= 11 is 0. The average Bonchev–Trinajstić information content (AvgIpc) is 3.63. The maximum Gasteiger partial charge on any atom is 0.258 e. The summed E-state index contributed by atoms with van der Waals surface area (Å²) in [4.78, 5) is 12.7. The maximum atomic E-state index is 12.8. The van der Waals surface area contributed by atoms with Crippen molar-refractivity contribution in [3.05, 3.63) is 52.9 Å². The highest BCUT2D eigenvalue weighted by Crippen LogP contribution is 2.45. The Morgan fingerprint density at radius 2 is 1.88 bits per heavy atom. The number of sulfonamides is 1. The van der Waals surface area contributed by atoms with E-state index < -0.39 is 10.0 Å². The van der Waals surface area contributed by atoms with Crippen molar-refractivity contribution in [2.45, 2.75) is 19.8 Å². The fraction of sp³-hybridized carbons (Fsp3) is 0.375. The third kappa shape index (κ3) is 3.62. The number of hydrogen-bond acceptors (Lipinski definition) is 5. The molecule has 0 radical (unpaired) electrons. The van der Waals surface area contributed by atoms with Crippen LogP contribution in [0.25, 0.3) is 21.9 Å². The van der Waals surface area contributed by atoms with Crippen LogP contribution in [0.3, 0.4) is 0 Å². The Balaban J connectivity index is 1.75. The Hall–Kier alpha value is -3.00. The molecule has 1 saturated carbocycles.